The van der Waals surface area contributed by atoms with Crippen molar-refractivity contribution >= 4 is 0 Å². The van der Waals surface area contributed by atoms with Crippen molar-refractivity contribution in [3.63, 3.8) is 0 Å². The van der Waals surface area contributed by atoms with Crippen molar-refractivity contribution < 1.29 is 4.74 Å². The van der Waals surface area contributed by atoms with Crippen LogP contribution in [0.25, 0.3) is 0 Å². The molecule has 3 heteroatoms. The fraction of sp³-hybridized carbons (Fsp3) is 0.462. The highest BCUT2D eigenvalue weighted by Gasteiger charge is 2.11. The largest absolute Gasteiger partial charge is 0.496 e. The SMILES string of the molecule is CCc1cc(C(C#N)CNC)ccc1OC. The van der Waals surface area contributed by atoms with Gasteiger partial charge in [-0.25, -0.2) is 0 Å². The Morgan fingerprint density at radius 1 is 1.50 bits per heavy atom. The van der Waals surface area contributed by atoms with Gasteiger partial charge in [-0.1, -0.05) is 19.1 Å². The van der Waals surface area contributed by atoms with Crippen LogP contribution in [-0.4, -0.2) is 20.7 Å². The predicted octanol–water partition coefficient (Wildman–Crippen LogP) is 2.08. The molecule has 1 unspecified atom stereocenters. The summed E-state index contributed by atoms with van der Waals surface area (Å²) in [6.45, 7) is 2.76. The molecule has 0 aliphatic carbocycles. The van der Waals surface area contributed by atoms with Gasteiger partial charge < -0.3 is 10.1 Å². The van der Waals surface area contributed by atoms with Gasteiger partial charge in [0.05, 0.1) is 19.1 Å². The summed E-state index contributed by atoms with van der Waals surface area (Å²) in [5, 5.41) is 12.1. The Balaban J connectivity index is 3.02. The van der Waals surface area contributed by atoms with E-state index >= 15 is 0 Å². The maximum Gasteiger partial charge on any atom is 0.122 e. The Labute approximate surface area is 97.0 Å². The number of nitrogens with zero attached hydrogens (tertiary/aromatic N) is 1. The fourth-order valence-corrected chi connectivity index (χ4v) is 1.73. The first-order valence-electron chi connectivity index (χ1n) is 5.47. The fourth-order valence-electron chi connectivity index (χ4n) is 1.73. The van der Waals surface area contributed by atoms with Crippen LogP contribution in [0.1, 0.15) is 24.0 Å². The quantitative estimate of drug-likeness (QED) is 0.823. The molecule has 86 valence electrons. The first-order chi connectivity index (χ1) is 7.76. The van der Waals surface area contributed by atoms with Gasteiger partial charge in [0.15, 0.2) is 0 Å². The number of aryl methyl sites for hydroxylation is 1. The Morgan fingerprint density at radius 3 is 2.75 bits per heavy atom. The molecular formula is C13H18N2O. The number of methoxy groups -OCH3 is 1. The normalized spacial score (nSPS) is 11.9. The molecule has 0 saturated carbocycles. The zero-order valence-corrected chi connectivity index (χ0v) is 10.1. The lowest BCUT2D eigenvalue weighted by Gasteiger charge is -2.12. The van der Waals surface area contributed by atoms with E-state index in [0.29, 0.717) is 6.54 Å². The molecule has 0 radical (unpaired) electrons. The van der Waals surface area contributed by atoms with Crippen LogP contribution in [0, 0.1) is 11.3 Å². The second kappa shape index (κ2) is 6.14. The highest BCUT2D eigenvalue weighted by Crippen LogP contribution is 2.24. The Bertz CT molecular complexity index is 382. The lowest BCUT2D eigenvalue weighted by atomic mass is 9.97. The van der Waals surface area contributed by atoms with E-state index in [0.717, 1.165) is 23.3 Å². The van der Waals surface area contributed by atoms with Crippen LogP contribution in [0.2, 0.25) is 0 Å². The molecule has 0 aliphatic heterocycles. The summed E-state index contributed by atoms with van der Waals surface area (Å²) in [5.41, 5.74) is 2.20. The molecular weight excluding hydrogens is 200 g/mol. The molecule has 1 atom stereocenters. The minimum Gasteiger partial charge on any atom is -0.496 e. The molecule has 0 spiro atoms. The van der Waals surface area contributed by atoms with Crippen LogP contribution in [0.4, 0.5) is 0 Å². The van der Waals surface area contributed by atoms with Gasteiger partial charge in [-0.15, -0.1) is 0 Å². The van der Waals surface area contributed by atoms with Gasteiger partial charge >= 0.3 is 0 Å². The number of benzene rings is 1. The Morgan fingerprint density at radius 2 is 2.25 bits per heavy atom. The van der Waals surface area contributed by atoms with Crippen molar-refractivity contribution in [1.29, 1.82) is 5.26 Å². The average molecular weight is 218 g/mol. The van der Waals surface area contributed by atoms with Crippen LogP contribution in [0.3, 0.4) is 0 Å². The number of nitriles is 1. The zero-order chi connectivity index (χ0) is 12.0. The molecule has 1 aromatic carbocycles. The van der Waals surface area contributed by atoms with E-state index in [1.807, 2.05) is 19.2 Å². The van der Waals surface area contributed by atoms with E-state index < -0.39 is 0 Å². The first kappa shape index (κ1) is 12.5. The van der Waals surface area contributed by atoms with Crippen LogP contribution in [-0.2, 0) is 6.42 Å². The third-order valence-corrected chi connectivity index (χ3v) is 2.65. The highest BCUT2D eigenvalue weighted by molar-refractivity contribution is 5.40. The topological polar surface area (TPSA) is 45.0 Å². The summed E-state index contributed by atoms with van der Waals surface area (Å²) in [6.07, 6.45) is 0.911. The first-order valence-corrected chi connectivity index (χ1v) is 5.47. The van der Waals surface area contributed by atoms with Crippen LogP contribution < -0.4 is 10.1 Å². The molecule has 16 heavy (non-hydrogen) atoms. The standard InChI is InChI=1S/C13H18N2O/c1-4-10-7-11(5-6-13(10)16-3)12(8-14)9-15-2/h5-7,12,15H,4,9H2,1-3H3. The molecule has 0 aromatic heterocycles. The number of ether oxygens (including phenoxy) is 1. The summed E-state index contributed by atoms with van der Waals surface area (Å²) < 4.78 is 5.27. The smallest absolute Gasteiger partial charge is 0.122 e. The summed E-state index contributed by atoms with van der Waals surface area (Å²) >= 11 is 0. The molecule has 0 aliphatic rings. The second-order valence-corrected chi connectivity index (χ2v) is 3.66. The van der Waals surface area contributed by atoms with Crippen LogP contribution in [0.5, 0.6) is 5.75 Å². The molecule has 1 N–H and O–H groups in total. The van der Waals surface area contributed by atoms with Gasteiger partial charge in [-0.3, -0.25) is 0 Å². The van der Waals surface area contributed by atoms with E-state index in [1.54, 1.807) is 7.11 Å². The van der Waals surface area contributed by atoms with E-state index in [2.05, 4.69) is 24.4 Å². The molecule has 0 heterocycles. The minimum absolute atomic E-state index is 0.0961. The molecule has 1 aromatic rings. The molecule has 0 saturated heterocycles. The van der Waals surface area contributed by atoms with E-state index in [9.17, 15) is 0 Å². The molecule has 0 fully saturated rings. The predicted molar refractivity (Wildman–Crippen MR) is 64.7 cm³/mol. The van der Waals surface area contributed by atoms with Gasteiger partial charge in [-0.05, 0) is 30.7 Å². The van der Waals surface area contributed by atoms with Crippen LogP contribution in [0.15, 0.2) is 18.2 Å². The molecule has 3 nitrogen and oxygen atoms in total. The third kappa shape index (κ3) is 2.74. The number of hydrogen-bond donors (Lipinski definition) is 1. The van der Waals surface area contributed by atoms with Crippen molar-refractivity contribution in [3.05, 3.63) is 29.3 Å². The molecule has 0 amide bonds. The van der Waals surface area contributed by atoms with E-state index in [1.165, 1.54) is 0 Å². The van der Waals surface area contributed by atoms with Crippen molar-refractivity contribution in [2.45, 2.75) is 19.3 Å². The van der Waals surface area contributed by atoms with Gasteiger partial charge in [-0.2, -0.15) is 5.26 Å². The summed E-state index contributed by atoms with van der Waals surface area (Å²) in [4.78, 5) is 0. The summed E-state index contributed by atoms with van der Waals surface area (Å²) in [7, 11) is 3.53. The van der Waals surface area contributed by atoms with E-state index in [-0.39, 0.29) is 5.92 Å². The summed E-state index contributed by atoms with van der Waals surface area (Å²) in [6, 6.07) is 8.26. The summed E-state index contributed by atoms with van der Waals surface area (Å²) in [5.74, 6) is 0.800. The van der Waals surface area contributed by atoms with E-state index in [4.69, 9.17) is 10.00 Å². The Kier molecular flexibility index (Phi) is 4.81. The number of nitrogens with one attached hydrogen (secondary N) is 1. The van der Waals surface area contributed by atoms with Gasteiger partial charge in [0, 0.05) is 6.54 Å². The van der Waals surface area contributed by atoms with Crippen molar-refractivity contribution in [2.75, 3.05) is 20.7 Å². The van der Waals surface area contributed by atoms with Crippen molar-refractivity contribution in [2.24, 2.45) is 0 Å². The van der Waals surface area contributed by atoms with Crippen molar-refractivity contribution in [1.82, 2.24) is 5.32 Å². The van der Waals surface area contributed by atoms with Gasteiger partial charge in [0.1, 0.15) is 5.75 Å². The Hall–Kier alpha value is -1.53. The molecule has 1 rings (SSSR count). The van der Waals surface area contributed by atoms with Gasteiger partial charge in [0.2, 0.25) is 0 Å². The maximum atomic E-state index is 9.08. The maximum absolute atomic E-state index is 9.08. The minimum atomic E-state index is -0.0961. The number of rotatable bonds is 5. The zero-order valence-electron chi connectivity index (χ0n) is 10.1. The lowest BCUT2D eigenvalue weighted by Crippen LogP contribution is -2.16. The monoisotopic (exact) mass is 218 g/mol. The second-order valence-electron chi connectivity index (χ2n) is 3.66. The highest BCUT2D eigenvalue weighted by atomic mass is 16.5. The average Bonchev–Trinajstić information content (AvgIpc) is 2.35. The molecule has 0 bridgehead atoms. The van der Waals surface area contributed by atoms with Gasteiger partial charge in [0.25, 0.3) is 0 Å². The number of likely N-dealkylation sites (N-methyl/N-ethyl adjacent to an activating group) is 1. The lowest BCUT2D eigenvalue weighted by molar-refractivity contribution is 0.410. The van der Waals surface area contributed by atoms with Crippen molar-refractivity contribution in [3.8, 4) is 11.8 Å². The number of hydrogen-bond acceptors (Lipinski definition) is 3. The third-order valence-electron chi connectivity index (χ3n) is 2.65. The van der Waals surface area contributed by atoms with Crippen LogP contribution >= 0.6 is 0 Å².